The van der Waals surface area contributed by atoms with Crippen LogP contribution >= 0.6 is 0 Å². The number of epoxide rings is 1. The Morgan fingerprint density at radius 3 is 2.32 bits per heavy atom. The van der Waals surface area contributed by atoms with Gasteiger partial charge in [0.2, 0.25) is 0 Å². The topological polar surface area (TPSA) is 78.9 Å². The van der Waals surface area contributed by atoms with Crippen molar-refractivity contribution in [3.05, 3.63) is 23.8 Å². The van der Waals surface area contributed by atoms with Crippen molar-refractivity contribution in [2.24, 2.45) is 11.8 Å². The Morgan fingerprint density at radius 2 is 1.77 bits per heavy atom. The first-order valence-electron chi connectivity index (χ1n) is 11.3. The van der Waals surface area contributed by atoms with Gasteiger partial charge in [-0.15, -0.1) is 0 Å². The molecule has 2 rings (SSSR count). The monoisotopic (exact) mass is 442 g/mol. The number of methoxy groups -OCH3 is 4. The maximum atomic E-state index is 10.7. The predicted octanol–water partition coefficient (Wildman–Crippen LogP) is 3.11. The Kier molecular flexibility index (Phi) is 10.6. The van der Waals surface area contributed by atoms with Crippen LogP contribution in [-0.4, -0.2) is 82.6 Å². The Morgan fingerprint density at radius 1 is 1.06 bits per heavy atom. The lowest BCUT2D eigenvalue weighted by Crippen LogP contribution is -2.51. The van der Waals surface area contributed by atoms with E-state index in [1.165, 1.54) is 0 Å². The van der Waals surface area contributed by atoms with Crippen LogP contribution in [0.1, 0.15) is 40.5 Å². The van der Waals surface area contributed by atoms with Gasteiger partial charge in [-0.2, -0.15) is 0 Å². The third kappa shape index (κ3) is 6.60. The quantitative estimate of drug-likeness (QED) is 0.367. The van der Waals surface area contributed by atoms with Crippen molar-refractivity contribution in [1.29, 1.82) is 0 Å². The minimum absolute atomic E-state index is 0.0437. The minimum Gasteiger partial charge on any atom is -0.390 e. The molecular weight excluding hydrogens is 400 g/mol. The van der Waals surface area contributed by atoms with Crippen LogP contribution in [-0.2, 0) is 28.4 Å². The molecule has 7 heteroatoms. The SMILES string of the molecule is CCC(OC)C(C)C1OC1C(O)C(C)/C=C/C=C(\C)C1O[C@@H](OC)CC(OC)[C@H]1OC. The summed E-state index contributed by atoms with van der Waals surface area (Å²) < 4.78 is 34.0. The van der Waals surface area contributed by atoms with E-state index in [0.29, 0.717) is 6.42 Å². The van der Waals surface area contributed by atoms with E-state index in [1.807, 2.05) is 32.1 Å². The molecule has 7 nitrogen and oxygen atoms in total. The van der Waals surface area contributed by atoms with Crippen molar-refractivity contribution >= 4 is 0 Å². The summed E-state index contributed by atoms with van der Waals surface area (Å²) >= 11 is 0. The highest BCUT2D eigenvalue weighted by Gasteiger charge is 2.50. The van der Waals surface area contributed by atoms with Crippen LogP contribution in [0.3, 0.4) is 0 Å². The van der Waals surface area contributed by atoms with Crippen LogP contribution in [0.2, 0.25) is 0 Å². The summed E-state index contributed by atoms with van der Waals surface area (Å²) in [7, 11) is 6.71. The van der Waals surface area contributed by atoms with Gasteiger partial charge in [-0.25, -0.2) is 0 Å². The standard InChI is InChI=1S/C24H42O7/c1-9-17(26-5)16(4)22-24(31-22)20(25)14(2)11-10-12-15(3)21-23(29-8)18(27-6)13-19(28-7)30-21/h10-12,14,16-25H,9,13H2,1-8H3/b11-10+,15-12+/t14?,16?,17?,18?,19-,20?,21?,22?,23-,24?/m1/s1. The molecule has 180 valence electrons. The molecule has 0 bridgehead atoms. The smallest absolute Gasteiger partial charge is 0.160 e. The van der Waals surface area contributed by atoms with Crippen LogP contribution < -0.4 is 0 Å². The number of ether oxygens (including phenoxy) is 6. The summed E-state index contributed by atoms with van der Waals surface area (Å²) in [5, 5.41) is 10.7. The van der Waals surface area contributed by atoms with Gasteiger partial charge in [-0.3, -0.25) is 0 Å². The summed E-state index contributed by atoms with van der Waals surface area (Å²) in [4.78, 5) is 0. The molecule has 0 aromatic carbocycles. The third-order valence-corrected chi connectivity index (χ3v) is 6.69. The molecule has 8 unspecified atom stereocenters. The number of rotatable bonds is 12. The van der Waals surface area contributed by atoms with Gasteiger partial charge in [0.05, 0.1) is 24.4 Å². The zero-order valence-corrected chi connectivity index (χ0v) is 20.3. The predicted molar refractivity (Wildman–Crippen MR) is 119 cm³/mol. The second-order valence-electron chi connectivity index (χ2n) is 8.68. The van der Waals surface area contributed by atoms with Crippen molar-refractivity contribution < 1.29 is 33.5 Å². The number of aliphatic hydroxyl groups is 1. The molecule has 10 atom stereocenters. The van der Waals surface area contributed by atoms with Crippen molar-refractivity contribution in [3.8, 4) is 0 Å². The largest absolute Gasteiger partial charge is 0.390 e. The lowest BCUT2D eigenvalue weighted by atomic mass is 9.91. The lowest BCUT2D eigenvalue weighted by Gasteiger charge is -2.40. The fourth-order valence-corrected chi connectivity index (χ4v) is 4.53. The molecule has 0 spiro atoms. The highest BCUT2D eigenvalue weighted by molar-refractivity contribution is 5.18. The van der Waals surface area contributed by atoms with E-state index >= 15 is 0 Å². The number of hydrogen-bond donors (Lipinski definition) is 1. The molecule has 0 radical (unpaired) electrons. The van der Waals surface area contributed by atoms with Crippen molar-refractivity contribution in [2.45, 2.75) is 89.6 Å². The van der Waals surface area contributed by atoms with E-state index in [4.69, 9.17) is 28.4 Å². The zero-order valence-electron chi connectivity index (χ0n) is 20.3. The third-order valence-electron chi connectivity index (χ3n) is 6.69. The zero-order chi connectivity index (χ0) is 23.1. The van der Waals surface area contributed by atoms with Gasteiger partial charge in [0.25, 0.3) is 0 Å². The molecule has 2 aliphatic heterocycles. The van der Waals surface area contributed by atoms with E-state index in [-0.39, 0.29) is 54.7 Å². The van der Waals surface area contributed by atoms with Gasteiger partial charge in [0, 0.05) is 46.7 Å². The maximum absolute atomic E-state index is 10.7. The average Bonchev–Trinajstić information content (AvgIpc) is 3.58. The second kappa shape index (κ2) is 12.4. The number of aliphatic hydroxyl groups excluding tert-OH is 1. The molecule has 1 N–H and O–H groups in total. The highest BCUT2D eigenvalue weighted by Crippen LogP contribution is 2.37. The van der Waals surface area contributed by atoms with Gasteiger partial charge in [0.15, 0.2) is 6.29 Å². The first kappa shape index (κ1) is 26.5. The molecule has 0 saturated carbocycles. The summed E-state index contributed by atoms with van der Waals surface area (Å²) in [6.45, 7) is 8.23. The van der Waals surface area contributed by atoms with E-state index in [0.717, 1.165) is 12.0 Å². The Hall–Kier alpha value is -0.800. The van der Waals surface area contributed by atoms with Crippen LogP contribution in [0.25, 0.3) is 0 Å². The van der Waals surface area contributed by atoms with Crippen LogP contribution in [0.5, 0.6) is 0 Å². The normalized spacial score (nSPS) is 35.7. The maximum Gasteiger partial charge on any atom is 0.160 e. The van der Waals surface area contributed by atoms with Gasteiger partial charge in [0.1, 0.15) is 18.3 Å². The van der Waals surface area contributed by atoms with Crippen molar-refractivity contribution in [2.75, 3.05) is 28.4 Å². The molecule has 0 aliphatic carbocycles. The van der Waals surface area contributed by atoms with Gasteiger partial charge >= 0.3 is 0 Å². The van der Waals surface area contributed by atoms with E-state index in [1.54, 1.807) is 28.4 Å². The van der Waals surface area contributed by atoms with Gasteiger partial charge in [-0.1, -0.05) is 39.0 Å². The number of allylic oxidation sites excluding steroid dienone is 2. The van der Waals surface area contributed by atoms with Crippen LogP contribution in [0.4, 0.5) is 0 Å². The highest BCUT2D eigenvalue weighted by atomic mass is 16.7. The molecule has 2 saturated heterocycles. The Labute approximate surface area is 187 Å². The van der Waals surface area contributed by atoms with Gasteiger partial charge < -0.3 is 33.5 Å². The second-order valence-corrected chi connectivity index (χ2v) is 8.68. The van der Waals surface area contributed by atoms with E-state index in [9.17, 15) is 5.11 Å². The Balaban J connectivity index is 1.96. The van der Waals surface area contributed by atoms with Crippen LogP contribution in [0, 0.1) is 11.8 Å². The first-order valence-corrected chi connectivity index (χ1v) is 11.3. The molecule has 2 aliphatic rings. The van der Waals surface area contributed by atoms with Gasteiger partial charge in [-0.05, 0) is 18.9 Å². The fourth-order valence-electron chi connectivity index (χ4n) is 4.53. The van der Waals surface area contributed by atoms with E-state index in [2.05, 4.69) is 13.8 Å². The molecular formula is C24H42O7. The molecule has 0 amide bonds. The summed E-state index contributed by atoms with van der Waals surface area (Å²) in [5.41, 5.74) is 1.01. The molecule has 2 fully saturated rings. The molecule has 0 aromatic heterocycles. The minimum atomic E-state index is -0.555. The average molecular weight is 443 g/mol. The van der Waals surface area contributed by atoms with Crippen molar-refractivity contribution in [1.82, 2.24) is 0 Å². The lowest BCUT2D eigenvalue weighted by molar-refractivity contribution is -0.241. The Bertz CT molecular complexity index is 588. The van der Waals surface area contributed by atoms with E-state index < -0.39 is 6.10 Å². The first-order chi connectivity index (χ1) is 14.8. The summed E-state index contributed by atoms with van der Waals surface area (Å²) in [6, 6.07) is 0. The summed E-state index contributed by atoms with van der Waals surface area (Å²) in [5.74, 6) is 0.211. The van der Waals surface area contributed by atoms with Crippen molar-refractivity contribution in [3.63, 3.8) is 0 Å². The molecule has 0 aromatic rings. The van der Waals surface area contributed by atoms with Crippen LogP contribution in [0.15, 0.2) is 23.8 Å². The molecule has 2 heterocycles. The fraction of sp³-hybridized carbons (Fsp3) is 0.833. The summed E-state index contributed by atoms with van der Waals surface area (Å²) in [6.07, 6.45) is 6.08. The molecule has 31 heavy (non-hydrogen) atoms. The number of hydrogen-bond acceptors (Lipinski definition) is 7.